The Bertz CT molecular complexity index is 973. The van der Waals surface area contributed by atoms with E-state index in [0.717, 1.165) is 31.8 Å². The highest BCUT2D eigenvalue weighted by molar-refractivity contribution is 5.90. The number of nitrogens with zero attached hydrogens (tertiary/aromatic N) is 2. The Labute approximate surface area is 184 Å². The van der Waals surface area contributed by atoms with Crippen molar-refractivity contribution in [2.24, 2.45) is 16.5 Å². The Morgan fingerprint density at radius 1 is 0.742 bits per heavy atom. The molecule has 0 spiro atoms. The molecule has 0 amide bonds. The summed E-state index contributed by atoms with van der Waals surface area (Å²) in [6.07, 6.45) is 5.43. The molecule has 0 aromatic heterocycles. The van der Waals surface area contributed by atoms with E-state index in [1.54, 1.807) is 0 Å². The van der Waals surface area contributed by atoms with E-state index in [-0.39, 0.29) is 6.04 Å². The van der Waals surface area contributed by atoms with Crippen LogP contribution in [0.4, 0.5) is 0 Å². The van der Waals surface area contributed by atoms with Gasteiger partial charge in [-0.3, -0.25) is 0 Å². The minimum absolute atomic E-state index is 0.381. The number of rotatable bonds is 7. The van der Waals surface area contributed by atoms with Crippen molar-refractivity contribution < 1.29 is 0 Å². The molecule has 0 bridgehead atoms. The van der Waals surface area contributed by atoms with Crippen LogP contribution in [0, 0.1) is 0 Å². The van der Waals surface area contributed by atoms with Crippen LogP contribution in [0.3, 0.4) is 0 Å². The zero-order valence-electron chi connectivity index (χ0n) is 17.8. The first-order valence-corrected chi connectivity index (χ1v) is 10.8. The second-order valence-electron chi connectivity index (χ2n) is 8.21. The Morgan fingerprint density at radius 2 is 1.23 bits per heavy atom. The molecule has 0 fully saturated rings. The number of nitrogens with two attached hydrogens (primary N) is 2. The molecule has 0 saturated carbocycles. The van der Waals surface area contributed by atoms with E-state index in [4.69, 9.17) is 16.5 Å². The second-order valence-corrected chi connectivity index (χ2v) is 8.21. The number of hydrogen-bond donors (Lipinski definition) is 2. The van der Waals surface area contributed by atoms with Crippen molar-refractivity contribution in [1.29, 1.82) is 0 Å². The van der Waals surface area contributed by atoms with Crippen molar-refractivity contribution in [3.63, 3.8) is 0 Å². The molecule has 4 heteroatoms. The third kappa shape index (κ3) is 5.29. The largest absolute Gasteiger partial charge is 0.350 e. The van der Waals surface area contributed by atoms with Gasteiger partial charge in [-0.1, -0.05) is 91.0 Å². The molecule has 1 heterocycles. The fourth-order valence-corrected chi connectivity index (χ4v) is 4.02. The molecule has 0 radical (unpaired) electrons. The highest BCUT2D eigenvalue weighted by atomic mass is 15.2. The molecule has 2 atom stereocenters. The van der Waals surface area contributed by atoms with E-state index in [0.29, 0.717) is 0 Å². The van der Waals surface area contributed by atoms with E-state index in [1.807, 2.05) is 30.5 Å². The van der Waals surface area contributed by atoms with Gasteiger partial charge in [0.1, 0.15) is 5.84 Å². The molecule has 31 heavy (non-hydrogen) atoms. The van der Waals surface area contributed by atoms with Gasteiger partial charge in [0.25, 0.3) is 0 Å². The third-order valence-electron chi connectivity index (χ3n) is 5.89. The number of amidine groups is 1. The molecule has 4 rings (SSSR count). The molecule has 4 nitrogen and oxygen atoms in total. The smallest absolute Gasteiger partial charge is 0.124 e. The van der Waals surface area contributed by atoms with Gasteiger partial charge >= 0.3 is 0 Å². The molecule has 4 N–H and O–H groups in total. The highest BCUT2D eigenvalue weighted by Gasteiger charge is 2.37. The fraction of sp³-hybridized carbons (Fsp3) is 0.222. The number of aliphatic imine (C=N–C) groups is 1. The maximum atomic E-state index is 6.85. The number of hydrogen-bond acceptors (Lipinski definition) is 4. The minimum atomic E-state index is -0.640. The predicted octanol–water partition coefficient (Wildman–Crippen LogP) is 4.27. The lowest BCUT2D eigenvalue weighted by atomic mass is 9.83. The van der Waals surface area contributed by atoms with Crippen molar-refractivity contribution in [3.05, 3.63) is 120 Å². The van der Waals surface area contributed by atoms with E-state index < -0.39 is 5.54 Å². The van der Waals surface area contributed by atoms with Gasteiger partial charge in [-0.15, -0.1) is 0 Å². The van der Waals surface area contributed by atoms with Crippen LogP contribution in [0.5, 0.6) is 0 Å². The van der Waals surface area contributed by atoms with Crippen molar-refractivity contribution >= 4 is 5.84 Å². The van der Waals surface area contributed by atoms with Crippen LogP contribution < -0.4 is 11.5 Å². The fourth-order valence-electron chi connectivity index (χ4n) is 4.02. The molecule has 1 aliphatic rings. The van der Waals surface area contributed by atoms with Gasteiger partial charge in [-0.25, -0.2) is 4.99 Å². The molecule has 2 unspecified atom stereocenters. The van der Waals surface area contributed by atoms with Crippen LogP contribution in [0.1, 0.15) is 23.1 Å². The molecule has 158 valence electrons. The highest BCUT2D eigenvalue weighted by Crippen LogP contribution is 2.24. The monoisotopic (exact) mass is 410 g/mol. The lowest BCUT2D eigenvalue weighted by molar-refractivity contribution is 0.356. The summed E-state index contributed by atoms with van der Waals surface area (Å²) < 4.78 is 0. The van der Waals surface area contributed by atoms with Crippen molar-refractivity contribution in [2.45, 2.75) is 37.5 Å². The minimum Gasteiger partial charge on any atom is -0.350 e. The zero-order valence-corrected chi connectivity index (χ0v) is 17.8. The number of aryl methyl sites for hydroxylation is 1. The van der Waals surface area contributed by atoms with Gasteiger partial charge in [0.15, 0.2) is 0 Å². The van der Waals surface area contributed by atoms with Crippen LogP contribution in [0.15, 0.2) is 108 Å². The van der Waals surface area contributed by atoms with Gasteiger partial charge in [0, 0.05) is 19.3 Å². The quantitative estimate of drug-likeness (QED) is 0.611. The van der Waals surface area contributed by atoms with Crippen LogP contribution in [0.2, 0.25) is 0 Å². The first kappa shape index (κ1) is 21.0. The Balaban J connectivity index is 1.56. The van der Waals surface area contributed by atoms with Crippen molar-refractivity contribution in [2.75, 3.05) is 0 Å². The lowest BCUT2D eigenvalue weighted by Gasteiger charge is -2.40. The van der Waals surface area contributed by atoms with Crippen LogP contribution in [-0.4, -0.2) is 22.3 Å². The van der Waals surface area contributed by atoms with Gasteiger partial charge in [-0.05, 0) is 35.6 Å². The first-order valence-electron chi connectivity index (χ1n) is 10.8. The first-order chi connectivity index (χ1) is 15.1. The summed E-state index contributed by atoms with van der Waals surface area (Å²) in [5, 5.41) is 0. The lowest BCUT2D eigenvalue weighted by Crippen LogP contribution is -2.62. The summed E-state index contributed by atoms with van der Waals surface area (Å²) in [6, 6.07) is 30.9. The van der Waals surface area contributed by atoms with Gasteiger partial charge in [0.2, 0.25) is 0 Å². The van der Waals surface area contributed by atoms with E-state index in [1.165, 1.54) is 16.7 Å². The Hall–Kier alpha value is -3.21. The van der Waals surface area contributed by atoms with E-state index in [2.05, 4.69) is 77.7 Å². The summed E-state index contributed by atoms with van der Waals surface area (Å²) >= 11 is 0. The molecule has 0 aliphatic carbocycles. The standard InChI is InChI=1S/C27H30N4/c28-25-26(30-19-18-27(25,29)17-16-22-10-4-1-5-11-22)31(20-23-12-6-2-7-13-23)21-24-14-8-3-9-15-24/h1-15,18-19,25H,16-17,20-21,28-29H2. The van der Waals surface area contributed by atoms with Crippen LogP contribution in [0.25, 0.3) is 0 Å². The average molecular weight is 411 g/mol. The molecular weight excluding hydrogens is 380 g/mol. The SMILES string of the molecule is NC1C(N(Cc2ccccc2)Cc2ccccc2)=NC=CC1(N)CCc1ccccc1. The van der Waals surface area contributed by atoms with E-state index in [9.17, 15) is 0 Å². The molecular formula is C27H30N4. The Morgan fingerprint density at radius 3 is 1.74 bits per heavy atom. The summed E-state index contributed by atoms with van der Waals surface area (Å²) in [5.74, 6) is 0.839. The topological polar surface area (TPSA) is 67.6 Å². The predicted molar refractivity (Wildman–Crippen MR) is 128 cm³/mol. The molecule has 1 aliphatic heterocycles. The molecule has 3 aromatic rings. The summed E-state index contributed by atoms with van der Waals surface area (Å²) in [7, 11) is 0. The summed E-state index contributed by atoms with van der Waals surface area (Å²) in [5.41, 5.74) is 16.7. The maximum absolute atomic E-state index is 6.85. The normalized spacial score (nSPS) is 20.3. The van der Waals surface area contributed by atoms with E-state index >= 15 is 0 Å². The molecule has 0 saturated heterocycles. The van der Waals surface area contributed by atoms with Gasteiger partial charge < -0.3 is 16.4 Å². The van der Waals surface area contributed by atoms with Crippen LogP contribution >= 0.6 is 0 Å². The second kappa shape index (κ2) is 9.73. The average Bonchev–Trinajstić information content (AvgIpc) is 2.81. The number of benzene rings is 3. The summed E-state index contributed by atoms with van der Waals surface area (Å²) in [4.78, 5) is 6.96. The zero-order chi connectivity index (χ0) is 21.5. The molecule has 3 aromatic carbocycles. The Kier molecular flexibility index (Phi) is 6.60. The van der Waals surface area contributed by atoms with Crippen LogP contribution in [-0.2, 0) is 19.5 Å². The van der Waals surface area contributed by atoms with Crippen molar-refractivity contribution in [1.82, 2.24) is 4.90 Å². The van der Waals surface area contributed by atoms with Gasteiger partial charge in [-0.2, -0.15) is 0 Å². The third-order valence-corrected chi connectivity index (χ3v) is 5.89. The summed E-state index contributed by atoms with van der Waals surface area (Å²) in [6.45, 7) is 1.45. The van der Waals surface area contributed by atoms with Crippen molar-refractivity contribution in [3.8, 4) is 0 Å². The maximum Gasteiger partial charge on any atom is 0.124 e. The van der Waals surface area contributed by atoms with Gasteiger partial charge in [0.05, 0.1) is 11.6 Å².